The van der Waals surface area contributed by atoms with Crippen LogP contribution in [0, 0.1) is 0 Å². The average molecular weight is 232 g/mol. The van der Waals surface area contributed by atoms with Crippen molar-refractivity contribution in [2.75, 3.05) is 0 Å². The lowest BCUT2D eigenvalue weighted by atomic mass is 10.1. The van der Waals surface area contributed by atoms with Crippen LogP contribution in [0.1, 0.15) is 24.9 Å². The summed E-state index contributed by atoms with van der Waals surface area (Å²) in [6.45, 7) is 1.75. The third-order valence-corrected chi connectivity index (χ3v) is 2.71. The zero-order valence-electron chi connectivity index (χ0n) is 9.34. The highest BCUT2D eigenvalue weighted by atomic mass is 16.2. The van der Waals surface area contributed by atoms with E-state index in [-0.39, 0.29) is 12.5 Å². The predicted molar refractivity (Wildman–Crippen MR) is 59.9 cm³/mol. The van der Waals surface area contributed by atoms with Gasteiger partial charge in [-0.2, -0.15) is 0 Å². The molecule has 0 bridgehead atoms. The first-order valence-electron chi connectivity index (χ1n) is 5.30. The lowest BCUT2D eigenvalue weighted by Gasteiger charge is -2.30. The Balaban J connectivity index is 2.25. The monoisotopic (exact) mass is 232 g/mol. The number of barbiturate groups is 1. The number of imide groups is 2. The van der Waals surface area contributed by atoms with Crippen LogP contribution in [0.3, 0.4) is 0 Å². The first kappa shape index (κ1) is 11.3. The number of rotatable bonds is 2. The molecular weight excluding hydrogens is 220 g/mol. The normalized spacial score (nSPS) is 17.9. The maximum absolute atomic E-state index is 11.7. The van der Waals surface area contributed by atoms with Gasteiger partial charge < -0.3 is 0 Å². The van der Waals surface area contributed by atoms with Gasteiger partial charge in [0.15, 0.2) is 0 Å². The molecule has 0 aromatic heterocycles. The molecular formula is C12H12N2O3. The van der Waals surface area contributed by atoms with Crippen LogP contribution in [-0.4, -0.2) is 22.7 Å². The highest BCUT2D eigenvalue weighted by molar-refractivity contribution is 6.14. The zero-order valence-corrected chi connectivity index (χ0v) is 9.34. The van der Waals surface area contributed by atoms with Gasteiger partial charge in [-0.25, -0.2) is 4.79 Å². The van der Waals surface area contributed by atoms with Crippen LogP contribution in [-0.2, 0) is 9.59 Å². The highest BCUT2D eigenvalue weighted by Crippen LogP contribution is 2.22. The second kappa shape index (κ2) is 4.37. The molecule has 1 N–H and O–H groups in total. The van der Waals surface area contributed by atoms with E-state index >= 15 is 0 Å². The van der Waals surface area contributed by atoms with Gasteiger partial charge >= 0.3 is 6.03 Å². The summed E-state index contributed by atoms with van der Waals surface area (Å²) in [4.78, 5) is 35.4. The van der Waals surface area contributed by atoms with Crippen LogP contribution >= 0.6 is 0 Å². The minimum Gasteiger partial charge on any atom is -0.277 e. The number of carbonyl (C=O) groups is 3. The van der Waals surface area contributed by atoms with Crippen LogP contribution in [0.25, 0.3) is 0 Å². The minimum absolute atomic E-state index is 0.275. The van der Waals surface area contributed by atoms with Crippen LogP contribution in [0.4, 0.5) is 4.79 Å². The first-order valence-corrected chi connectivity index (χ1v) is 5.30. The van der Waals surface area contributed by atoms with E-state index in [9.17, 15) is 14.4 Å². The van der Waals surface area contributed by atoms with Gasteiger partial charge in [0.05, 0.1) is 6.04 Å². The molecule has 0 saturated carbocycles. The van der Waals surface area contributed by atoms with E-state index in [1.165, 1.54) is 0 Å². The van der Waals surface area contributed by atoms with Gasteiger partial charge in [0.25, 0.3) is 0 Å². The molecule has 1 aliphatic heterocycles. The number of urea groups is 1. The second-order valence-corrected chi connectivity index (χ2v) is 3.88. The molecule has 0 radical (unpaired) electrons. The van der Waals surface area contributed by atoms with Crippen LogP contribution in [0.15, 0.2) is 30.3 Å². The van der Waals surface area contributed by atoms with E-state index in [2.05, 4.69) is 5.32 Å². The van der Waals surface area contributed by atoms with Crippen molar-refractivity contribution in [3.05, 3.63) is 35.9 Å². The van der Waals surface area contributed by atoms with Gasteiger partial charge in [0.1, 0.15) is 6.42 Å². The molecule has 5 nitrogen and oxygen atoms in total. The van der Waals surface area contributed by atoms with Crippen molar-refractivity contribution in [3.63, 3.8) is 0 Å². The van der Waals surface area contributed by atoms with E-state index < -0.39 is 17.8 Å². The largest absolute Gasteiger partial charge is 0.331 e. The number of nitrogens with zero attached hydrogens (tertiary/aromatic N) is 1. The molecule has 0 aliphatic carbocycles. The molecule has 1 aliphatic rings. The summed E-state index contributed by atoms with van der Waals surface area (Å²) in [7, 11) is 0. The summed E-state index contributed by atoms with van der Waals surface area (Å²) in [5.41, 5.74) is 0.852. The smallest absolute Gasteiger partial charge is 0.277 e. The van der Waals surface area contributed by atoms with E-state index in [4.69, 9.17) is 0 Å². The standard InChI is InChI=1S/C12H12N2O3/c1-8(9-5-3-2-4-6-9)14-11(16)7-10(15)13-12(14)17/h2-6,8H,7H2,1H3,(H,13,15,17)/t8-/m0/s1. The summed E-state index contributed by atoms with van der Waals surface area (Å²) in [5.74, 6) is -1.01. The number of nitrogens with one attached hydrogen (secondary N) is 1. The van der Waals surface area contributed by atoms with Gasteiger partial charge in [0, 0.05) is 0 Å². The first-order chi connectivity index (χ1) is 8.09. The fraction of sp³-hybridized carbons (Fsp3) is 0.250. The molecule has 1 aromatic carbocycles. The molecule has 88 valence electrons. The number of carbonyl (C=O) groups excluding carboxylic acids is 3. The second-order valence-electron chi connectivity index (χ2n) is 3.88. The van der Waals surface area contributed by atoms with E-state index in [0.717, 1.165) is 10.5 Å². The van der Waals surface area contributed by atoms with Crippen molar-refractivity contribution in [1.29, 1.82) is 0 Å². The summed E-state index contributed by atoms with van der Waals surface area (Å²) in [5, 5.41) is 2.14. The van der Waals surface area contributed by atoms with Crippen molar-refractivity contribution < 1.29 is 14.4 Å². The van der Waals surface area contributed by atoms with Crippen LogP contribution < -0.4 is 5.32 Å². The lowest BCUT2D eigenvalue weighted by Crippen LogP contribution is -2.53. The van der Waals surface area contributed by atoms with Crippen LogP contribution in [0.5, 0.6) is 0 Å². The zero-order chi connectivity index (χ0) is 12.4. The molecule has 5 heteroatoms. The quantitative estimate of drug-likeness (QED) is 0.779. The van der Waals surface area contributed by atoms with Crippen molar-refractivity contribution in [2.24, 2.45) is 0 Å². The third-order valence-electron chi connectivity index (χ3n) is 2.71. The van der Waals surface area contributed by atoms with Gasteiger partial charge in [0.2, 0.25) is 11.8 Å². The molecule has 1 aromatic rings. The maximum Gasteiger partial charge on any atom is 0.331 e. The lowest BCUT2D eigenvalue weighted by molar-refractivity contribution is -0.137. The Morgan fingerprint density at radius 1 is 1.18 bits per heavy atom. The fourth-order valence-electron chi connectivity index (χ4n) is 1.83. The van der Waals surface area contributed by atoms with Gasteiger partial charge in [-0.3, -0.25) is 19.8 Å². The Bertz CT molecular complexity index is 450. The summed E-state index contributed by atoms with van der Waals surface area (Å²) < 4.78 is 0. The average Bonchev–Trinajstić information content (AvgIpc) is 2.28. The van der Waals surface area contributed by atoms with E-state index in [1.807, 2.05) is 30.3 Å². The molecule has 0 unspecified atom stereocenters. The Hall–Kier alpha value is -2.17. The number of hydrogen-bond donors (Lipinski definition) is 1. The maximum atomic E-state index is 11.7. The fourth-order valence-corrected chi connectivity index (χ4v) is 1.83. The summed E-state index contributed by atoms with van der Waals surface area (Å²) in [6, 6.07) is 8.17. The summed E-state index contributed by atoms with van der Waals surface area (Å²) >= 11 is 0. The Labute approximate surface area is 98.4 Å². The van der Waals surface area contributed by atoms with Crippen molar-refractivity contribution in [2.45, 2.75) is 19.4 Å². The van der Waals surface area contributed by atoms with Crippen molar-refractivity contribution in [1.82, 2.24) is 10.2 Å². The van der Waals surface area contributed by atoms with Crippen molar-refractivity contribution in [3.8, 4) is 0 Å². The Kier molecular flexibility index (Phi) is 2.91. The van der Waals surface area contributed by atoms with Gasteiger partial charge in [-0.05, 0) is 12.5 Å². The molecule has 17 heavy (non-hydrogen) atoms. The van der Waals surface area contributed by atoms with Crippen LogP contribution in [0.2, 0.25) is 0 Å². The van der Waals surface area contributed by atoms with Gasteiger partial charge in [-0.15, -0.1) is 0 Å². The molecule has 0 spiro atoms. The van der Waals surface area contributed by atoms with E-state index in [0.29, 0.717) is 0 Å². The molecule has 1 fully saturated rings. The molecule has 1 atom stereocenters. The molecule has 1 saturated heterocycles. The number of hydrogen-bond acceptors (Lipinski definition) is 3. The minimum atomic E-state index is -0.650. The summed E-state index contributed by atoms with van der Waals surface area (Å²) in [6.07, 6.45) is -0.275. The SMILES string of the molecule is C[C@@H](c1ccccc1)N1C(=O)CC(=O)NC1=O. The molecule has 2 rings (SSSR count). The van der Waals surface area contributed by atoms with Crippen molar-refractivity contribution >= 4 is 17.8 Å². The molecule has 1 heterocycles. The Morgan fingerprint density at radius 3 is 2.41 bits per heavy atom. The highest BCUT2D eigenvalue weighted by Gasteiger charge is 2.34. The van der Waals surface area contributed by atoms with E-state index in [1.54, 1.807) is 6.92 Å². The Morgan fingerprint density at radius 2 is 1.82 bits per heavy atom. The van der Waals surface area contributed by atoms with Gasteiger partial charge in [-0.1, -0.05) is 30.3 Å². The number of benzene rings is 1. The molecule has 4 amide bonds. The predicted octanol–water partition coefficient (Wildman–Crippen LogP) is 1.22. The number of amides is 4. The third kappa shape index (κ3) is 2.18. The topological polar surface area (TPSA) is 66.5 Å².